The van der Waals surface area contributed by atoms with E-state index in [9.17, 15) is 4.79 Å². The van der Waals surface area contributed by atoms with Gasteiger partial charge in [-0.3, -0.25) is 0 Å². The first-order valence-corrected chi connectivity index (χ1v) is 4.88. The molecule has 0 aliphatic heterocycles. The maximum absolute atomic E-state index is 11.1. The average Bonchev–Trinajstić information content (AvgIpc) is 2.29. The van der Waals surface area contributed by atoms with Gasteiger partial charge in [-0.05, 0) is 19.1 Å². The first-order valence-electron chi connectivity index (χ1n) is 4.88. The van der Waals surface area contributed by atoms with Crippen LogP contribution >= 0.6 is 0 Å². The molecule has 1 aromatic carbocycles. The summed E-state index contributed by atoms with van der Waals surface area (Å²) in [6.07, 6.45) is 1.46. The maximum atomic E-state index is 11.1. The molecule has 0 amide bonds. The van der Waals surface area contributed by atoms with E-state index in [0.29, 0.717) is 17.9 Å². The molecule has 1 rings (SSSR count). The highest BCUT2D eigenvalue weighted by molar-refractivity contribution is 5.83. The van der Waals surface area contributed by atoms with Crippen molar-refractivity contribution >= 4 is 12.2 Å². The first kappa shape index (κ1) is 12.0. The molecule has 16 heavy (non-hydrogen) atoms. The molecule has 1 aromatic rings. The fourth-order valence-electron chi connectivity index (χ4n) is 1.14. The number of hydrogen-bond acceptors (Lipinski definition) is 5. The van der Waals surface area contributed by atoms with E-state index in [0.717, 1.165) is 0 Å². The third-order valence-electron chi connectivity index (χ3n) is 1.78. The monoisotopic (exact) mass is 222 g/mol. The minimum absolute atomic E-state index is 0.122. The van der Waals surface area contributed by atoms with Crippen LogP contribution in [0, 0.1) is 0 Å². The number of rotatable bonds is 5. The number of esters is 1. The highest BCUT2D eigenvalue weighted by Crippen LogP contribution is 2.15. The SMILES string of the molecule is CCOC(=O)COc1ccccc1C=NN. The Balaban J connectivity index is 2.62. The molecule has 0 aliphatic rings. The number of nitrogens with two attached hydrogens (primary N) is 1. The summed E-state index contributed by atoms with van der Waals surface area (Å²) in [6.45, 7) is 1.96. The van der Waals surface area contributed by atoms with Gasteiger partial charge < -0.3 is 15.3 Å². The molecule has 0 bridgehead atoms. The lowest BCUT2D eigenvalue weighted by Crippen LogP contribution is -2.15. The molecule has 0 atom stereocenters. The Morgan fingerprint density at radius 1 is 1.50 bits per heavy atom. The van der Waals surface area contributed by atoms with E-state index in [1.165, 1.54) is 6.21 Å². The van der Waals surface area contributed by atoms with Gasteiger partial charge >= 0.3 is 5.97 Å². The molecule has 0 saturated carbocycles. The van der Waals surface area contributed by atoms with Gasteiger partial charge in [0.05, 0.1) is 12.8 Å². The van der Waals surface area contributed by atoms with E-state index in [-0.39, 0.29) is 6.61 Å². The van der Waals surface area contributed by atoms with Gasteiger partial charge in [-0.15, -0.1) is 0 Å². The third kappa shape index (κ3) is 3.61. The summed E-state index contributed by atoms with van der Waals surface area (Å²) in [5, 5.41) is 3.41. The zero-order valence-electron chi connectivity index (χ0n) is 9.05. The van der Waals surface area contributed by atoms with E-state index in [1.807, 2.05) is 6.07 Å². The molecular formula is C11H14N2O3. The van der Waals surface area contributed by atoms with Crippen molar-refractivity contribution in [2.45, 2.75) is 6.92 Å². The highest BCUT2D eigenvalue weighted by Gasteiger charge is 2.05. The van der Waals surface area contributed by atoms with Crippen LogP contribution < -0.4 is 10.6 Å². The molecular weight excluding hydrogens is 208 g/mol. The van der Waals surface area contributed by atoms with Crippen LogP contribution in [-0.4, -0.2) is 25.4 Å². The summed E-state index contributed by atoms with van der Waals surface area (Å²) in [4.78, 5) is 11.1. The Hall–Kier alpha value is -2.04. The van der Waals surface area contributed by atoms with E-state index in [2.05, 4.69) is 5.10 Å². The third-order valence-corrected chi connectivity index (χ3v) is 1.78. The number of hydrazone groups is 1. The van der Waals surface area contributed by atoms with E-state index >= 15 is 0 Å². The second-order valence-corrected chi connectivity index (χ2v) is 2.91. The van der Waals surface area contributed by atoms with E-state index < -0.39 is 5.97 Å². The van der Waals surface area contributed by atoms with E-state index in [4.69, 9.17) is 15.3 Å². The molecule has 0 aliphatic carbocycles. The van der Waals surface area contributed by atoms with Gasteiger partial charge in [0.2, 0.25) is 0 Å². The molecule has 5 heteroatoms. The smallest absolute Gasteiger partial charge is 0.344 e. The fourth-order valence-corrected chi connectivity index (χ4v) is 1.14. The second-order valence-electron chi connectivity index (χ2n) is 2.91. The topological polar surface area (TPSA) is 73.9 Å². The molecule has 2 N–H and O–H groups in total. The summed E-state index contributed by atoms with van der Waals surface area (Å²) < 4.78 is 10.0. The Bertz CT molecular complexity index is 377. The zero-order valence-corrected chi connectivity index (χ0v) is 9.05. The van der Waals surface area contributed by atoms with Crippen molar-refractivity contribution in [3.63, 3.8) is 0 Å². The number of nitrogens with zero attached hydrogens (tertiary/aromatic N) is 1. The summed E-state index contributed by atoms with van der Waals surface area (Å²) in [6, 6.07) is 7.15. The Labute approximate surface area is 93.9 Å². The second kappa shape index (κ2) is 6.44. The largest absolute Gasteiger partial charge is 0.481 e. The minimum Gasteiger partial charge on any atom is -0.481 e. The number of benzene rings is 1. The molecule has 0 saturated heterocycles. The van der Waals surface area contributed by atoms with Crippen molar-refractivity contribution in [2.24, 2.45) is 10.9 Å². The van der Waals surface area contributed by atoms with Gasteiger partial charge in [0.15, 0.2) is 6.61 Å². The van der Waals surface area contributed by atoms with Gasteiger partial charge in [-0.25, -0.2) is 4.79 Å². The number of para-hydroxylation sites is 1. The van der Waals surface area contributed by atoms with Crippen molar-refractivity contribution in [2.75, 3.05) is 13.2 Å². The Morgan fingerprint density at radius 2 is 2.25 bits per heavy atom. The van der Waals surface area contributed by atoms with Crippen LogP contribution in [0.1, 0.15) is 12.5 Å². The highest BCUT2D eigenvalue weighted by atomic mass is 16.6. The zero-order chi connectivity index (χ0) is 11.8. The van der Waals surface area contributed by atoms with Crippen LogP contribution in [0.2, 0.25) is 0 Å². The van der Waals surface area contributed by atoms with Crippen molar-refractivity contribution in [3.05, 3.63) is 29.8 Å². The van der Waals surface area contributed by atoms with Crippen molar-refractivity contribution in [3.8, 4) is 5.75 Å². The number of hydrogen-bond donors (Lipinski definition) is 1. The van der Waals surface area contributed by atoms with Crippen molar-refractivity contribution in [1.29, 1.82) is 0 Å². The number of carbonyl (C=O) groups is 1. The summed E-state index contributed by atoms with van der Waals surface area (Å²) in [7, 11) is 0. The lowest BCUT2D eigenvalue weighted by Gasteiger charge is -2.07. The normalized spacial score (nSPS) is 10.3. The standard InChI is InChI=1S/C11H14N2O3/c1-2-15-11(14)8-16-10-6-4-3-5-9(10)7-13-12/h3-7H,2,8,12H2,1H3. The minimum atomic E-state index is -0.401. The van der Waals surface area contributed by atoms with Gasteiger partial charge in [0.1, 0.15) is 5.75 Å². The molecule has 86 valence electrons. The van der Waals surface area contributed by atoms with Gasteiger partial charge in [0, 0.05) is 5.56 Å². The lowest BCUT2D eigenvalue weighted by molar-refractivity contribution is -0.145. The summed E-state index contributed by atoms with van der Waals surface area (Å²) in [5.41, 5.74) is 0.717. The van der Waals surface area contributed by atoms with Crippen LogP contribution in [0.4, 0.5) is 0 Å². The maximum Gasteiger partial charge on any atom is 0.344 e. The Morgan fingerprint density at radius 3 is 2.94 bits per heavy atom. The fraction of sp³-hybridized carbons (Fsp3) is 0.273. The molecule has 0 unspecified atom stereocenters. The van der Waals surface area contributed by atoms with Crippen LogP contribution in [0.3, 0.4) is 0 Å². The van der Waals surface area contributed by atoms with Crippen LogP contribution in [0.15, 0.2) is 29.4 Å². The first-order chi connectivity index (χ1) is 7.77. The Kier molecular flexibility index (Phi) is 4.85. The molecule has 0 spiro atoms. The quantitative estimate of drug-likeness (QED) is 0.348. The van der Waals surface area contributed by atoms with Crippen LogP contribution in [-0.2, 0) is 9.53 Å². The van der Waals surface area contributed by atoms with Crippen LogP contribution in [0.5, 0.6) is 5.75 Å². The van der Waals surface area contributed by atoms with Gasteiger partial charge in [-0.1, -0.05) is 12.1 Å². The lowest BCUT2D eigenvalue weighted by atomic mass is 10.2. The predicted molar refractivity (Wildman–Crippen MR) is 60.4 cm³/mol. The summed E-state index contributed by atoms with van der Waals surface area (Å²) in [5.74, 6) is 5.20. The predicted octanol–water partition coefficient (Wildman–Crippen LogP) is 0.921. The van der Waals surface area contributed by atoms with Crippen molar-refractivity contribution < 1.29 is 14.3 Å². The van der Waals surface area contributed by atoms with E-state index in [1.54, 1.807) is 25.1 Å². The molecule has 0 radical (unpaired) electrons. The number of ether oxygens (including phenoxy) is 2. The van der Waals surface area contributed by atoms with Gasteiger partial charge in [-0.2, -0.15) is 5.10 Å². The number of carbonyl (C=O) groups excluding carboxylic acids is 1. The molecule has 0 heterocycles. The molecule has 5 nitrogen and oxygen atoms in total. The molecule has 0 aromatic heterocycles. The summed E-state index contributed by atoms with van der Waals surface area (Å²) >= 11 is 0. The molecule has 0 fully saturated rings. The van der Waals surface area contributed by atoms with Crippen molar-refractivity contribution in [1.82, 2.24) is 0 Å². The average molecular weight is 222 g/mol. The van der Waals surface area contributed by atoms with Crippen LogP contribution in [0.25, 0.3) is 0 Å². The van der Waals surface area contributed by atoms with Gasteiger partial charge in [0.25, 0.3) is 0 Å².